The maximum absolute atomic E-state index is 16.4. The third-order valence-electron chi connectivity index (χ3n) is 9.61. The van der Waals surface area contributed by atoms with Crippen LogP contribution in [0.4, 0.5) is 21.5 Å². The van der Waals surface area contributed by atoms with Crippen LogP contribution in [0, 0.1) is 11.2 Å². The monoisotopic (exact) mass is 719 g/mol. The molecule has 4 N–H and O–H groups in total. The van der Waals surface area contributed by atoms with Gasteiger partial charge in [-0.15, -0.1) is 0 Å². The molecule has 2 heterocycles. The highest BCUT2D eigenvalue weighted by atomic mass is 35.5. The van der Waals surface area contributed by atoms with Crippen LogP contribution in [-0.2, 0) is 10.2 Å². The number of carboxylic acids is 2. The van der Waals surface area contributed by atoms with Crippen LogP contribution in [0.15, 0.2) is 78.9 Å². The van der Waals surface area contributed by atoms with E-state index >= 15 is 4.39 Å². The number of nitrogens with one attached hydrogen (secondary N) is 2. The molecule has 4 atom stereocenters. The van der Waals surface area contributed by atoms with E-state index in [1.54, 1.807) is 30.3 Å². The minimum Gasteiger partial charge on any atom is -0.495 e. The van der Waals surface area contributed by atoms with Crippen LogP contribution in [0.5, 0.6) is 5.75 Å². The Hall–Kier alpha value is -4.64. The van der Waals surface area contributed by atoms with Crippen LogP contribution in [-0.4, -0.2) is 53.8 Å². The van der Waals surface area contributed by atoms with E-state index in [0.29, 0.717) is 23.7 Å². The average molecular weight is 721 g/mol. The molecule has 50 heavy (non-hydrogen) atoms. The highest BCUT2D eigenvalue weighted by Crippen LogP contribution is 2.59. The molecule has 260 valence electrons. The Morgan fingerprint density at radius 3 is 2.30 bits per heavy atom. The normalized spacial score (nSPS) is 21.3. The molecule has 12 heteroatoms. The number of carbonyl (C=O) groups is 3. The summed E-state index contributed by atoms with van der Waals surface area (Å²) in [4.78, 5) is 39.9. The number of carbonyl (C=O) groups excluding carboxylic acids is 1. The molecule has 0 radical (unpaired) electrons. The Morgan fingerprint density at radius 2 is 1.66 bits per heavy atom. The lowest BCUT2D eigenvalue weighted by molar-refractivity contribution is -0.118. The van der Waals surface area contributed by atoms with Gasteiger partial charge in [0.15, 0.2) is 0 Å². The smallest absolute Gasteiger partial charge is 0.335 e. The molecular weight excluding hydrogens is 684 g/mol. The zero-order chi connectivity index (χ0) is 36.1. The number of anilines is 3. The minimum absolute atomic E-state index is 0.0142. The van der Waals surface area contributed by atoms with Gasteiger partial charge in [-0.2, -0.15) is 0 Å². The number of methoxy groups -OCH3 is 1. The minimum atomic E-state index is -1.15. The maximum atomic E-state index is 16.4. The molecule has 0 saturated carbocycles. The van der Waals surface area contributed by atoms with Crippen LogP contribution >= 0.6 is 23.2 Å². The van der Waals surface area contributed by atoms with Crippen LogP contribution in [0.2, 0.25) is 10.0 Å². The van der Waals surface area contributed by atoms with Crippen molar-refractivity contribution in [3.05, 3.63) is 117 Å². The second-order valence-corrected chi connectivity index (χ2v) is 14.8. The first-order valence-electron chi connectivity index (χ1n) is 16.0. The summed E-state index contributed by atoms with van der Waals surface area (Å²) in [5.74, 6) is -3.99. The van der Waals surface area contributed by atoms with E-state index in [-0.39, 0.29) is 44.6 Å². The van der Waals surface area contributed by atoms with Crippen LogP contribution < -0.4 is 20.3 Å². The summed E-state index contributed by atoms with van der Waals surface area (Å²) < 4.78 is 21.8. The summed E-state index contributed by atoms with van der Waals surface area (Å²) in [6, 6.07) is 19.6. The second kappa shape index (κ2) is 13.2. The first kappa shape index (κ1) is 35.2. The van der Waals surface area contributed by atoms with Gasteiger partial charge in [0.05, 0.1) is 35.0 Å². The molecule has 2 aliphatic rings. The molecule has 9 nitrogen and oxygen atoms in total. The van der Waals surface area contributed by atoms with Gasteiger partial charge in [-0.25, -0.2) is 14.0 Å². The fourth-order valence-corrected chi connectivity index (χ4v) is 7.89. The van der Waals surface area contributed by atoms with Crippen molar-refractivity contribution in [2.45, 2.75) is 50.6 Å². The van der Waals surface area contributed by atoms with Gasteiger partial charge in [0.25, 0.3) is 0 Å². The fraction of sp³-hybridized carbons (Fsp3) is 0.289. The van der Waals surface area contributed by atoms with Crippen molar-refractivity contribution in [2.75, 3.05) is 23.9 Å². The van der Waals surface area contributed by atoms with Gasteiger partial charge in [0.1, 0.15) is 11.6 Å². The molecule has 4 aromatic carbocycles. The molecule has 2 aliphatic heterocycles. The predicted octanol–water partition coefficient (Wildman–Crippen LogP) is 8.13. The number of amides is 1. The molecule has 4 aromatic rings. The highest BCUT2D eigenvalue weighted by Gasteiger charge is 2.63. The largest absolute Gasteiger partial charge is 0.495 e. The van der Waals surface area contributed by atoms with Gasteiger partial charge < -0.3 is 30.5 Å². The van der Waals surface area contributed by atoms with Crippen LogP contribution in [0.1, 0.15) is 65.0 Å². The van der Waals surface area contributed by atoms with Crippen molar-refractivity contribution in [3.63, 3.8) is 0 Å². The SMILES string of the molecule is COc1cc(C(=O)O)ccc1NC(=O)[C@@H]1N[C@@H](CC(C)(C)C)[C@@]2(CN(c3ccc(C(=O)O)cc3)c3cc(Cl)ccc32)[C@H]1c1cccc(Cl)c1F. The molecule has 0 aliphatic carbocycles. The van der Waals surface area contributed by atoms with Crippen molar-refractivity contribution in [2.24, 2.45) is 5.41 Å². The summed E-state index contributed by atoms with van der Waals surface area (Å²) in [7, 11) is 1.38. The number of fused-ring (bicyclic) bond motifs is 2. The number of carboxylic acid groups (broad SMARTS) is 2. The predicted molar refractivity (Wildman–Crippen MR) is 191 cm³/mol. The van der Waals surface area contributed by atoms with E-state index in [1.165, 1.54) is 43.5 Å². The first-order valence-corrected chi connectivity index (χ1v) is 16.7. The van der Waals surface area contributed by atoms with E-state index in [4.69, 9.17) is 27.9 Å². The van der Waals surface area contributed by atoms with E-state index < -0.39 is 41.0 Å². The van der Waals surface area contributed by atoms with Gasteiger partial charge in [-0.1, -0.05) is 62.2 Å². The number of halogens is 3. The maximum Gasteiger partial charge on any atom is 0.335 e. The van der Waals surface area contributed by atoms with E-state index in [2.05, 4.69) is 31.4 Å². The number of hydrogen-bond donors (Lipinski definition) is 4. The Balaban J connectivity index is 1.56. The summed E-state index contributed by atoms with van der Waals surface area (Å²) in [5.41, 5.74) is 1.72. The van der Waals surface area contributed by atoms with Gasteiger partial charge in [0, 0.05) is 40.3 Å². The molecule has 6 rings (SSSR count). The number of rotatable bonds is 8. The lowest BCUT2D eigenvalue weighted by Gasteiger charge is -2.40. The molecule has 1 saturated heterocycles. The lowest BCUT2D eigenvalue weighted by Crippen LogP contribution is -2.47. The van der Waals surface area contributed by atoms with Crippen LogP contribution in [0.3, 0.4) is 0 Å². The van der Waals surface area contributed by atoms with Gasteiger partial charge in [-0.05, 0) is 83.6 Å². The van der Waals surface area contributed by atoms with E-state index in [1.807, 2.05) is 17.0 Å². The average Bonchev–Trinajstić information content (AvgIpc) is 3.56. The molecule has 0 bridgehead atoms. The number of benzene rings is 4. The van der Waals surface area contributed by atoms with E-state index in [0.717, 1.165) is 11.3 Å². The standard InChI is InChI=1S/C38H36Cl2FN3O6/c1-37(2,3)18-30-38(19-44(28-17-22(39)11-14-25(28)38)23-12-8-20(9-13-23)35(46)47)31(24-6-5-7-26(40)32(24)41)33(43-30)34(45)42-27-15-10-21(36(48)49)16-29(27)50-4/h5-17,30-31,33,43H,18-19H2,1-4H3,(H,42,45)(H,46,47)(H,48,49)/t30-,31-,33+,38-/m0/s1. The number of nitrogens with zero attached hydrogens (tertiary/aromatic N) is 1. The Bertz CT molecular complexity index is 2000. The summed E-state index contributed by atoms with van der Waals surface area (Å²) in [6.45, 7) is 6.58. The van der Waals surface area contributed by atoms with E-state index in [9.17, 15) is 24.6 Å². The zero-order valence-corrected chi connectivity index (χ0v) is 29.3. The van der Waals surface area contributed by atoms with Crippen LogP contribution in [0.25, 0.3) is 0 Å². The summed E-state index contributed by atoms with van der Waals surface area (Å²) in [5, 5.41) is 26.0. The molecule has 1 spiro atoms. The Morgan fingerprint density at radius 1 is 0.980 bits per heavy atom. The number of aromatic carboxylic acids is 2. The quantitative estimate of drug-likeness (QED) is 0.144. The van der Waals surface area contributed by atoms with Gasteiger partial charge in [0.2, 0.25) is 5.91 Å². The molecule has 1 fully saturated rings. The Kier molecular flexibility index (Phi) is 9.32. The molecule has 0 aromatic heterocycles. The highest BCUT2D eigenvalue weighted by molar-refractivity contribution is 6.31. The molecule has 1 amide bonds. The van der Waals surface area contributed by atoms with Gasteiger partial charge in [-0.3, -0.25) is 4.79 Å². The number of ether oxygens (including phenoxy) is 1. The Labute approximate surface area is 299 Å². The zero-order valence-electron chi connectivity index (χ0n) is 27.8. The van der Waals surface area contributed by atoms with Crippen molar-refractivity contribution in [1.82, 2.24) is 5.32 Å². The topological polar surface area (TPSA) is 128 Å². The van der Waals surface area contributed by atoms with Crippen molar-refractivity contribution < 1.29 is 33.7 Å². The lowest BCUT2D eigenvalue weighted by atomic mass is 9.63. The summed E-state index contributed by atoms with van der Waals surface area (Å²) in [6.07, 6.45) is 0.583. The first-order chi connectivity index (χ1) is 23.6. The summed E-state index contributed by atoms with van der Waals surface area (Å²) >= 11 is 13.0. The van der Waals surface area contributed by atoms with Crippen molar-refractivity contribution in [3.8, 4) is 5.75 Å². The molecule has 0 unspecified atom stereocenters. The van der Waals surface area contributed by atoms with Crippen molar-refractivity contribution >= 4 is 58.1 Å². The second-order valence-electron chi connectivity index (χ2n) is 13.9. The van der Waals surface area contributed by atoms with Gasteiger partial charge >= 0.3 is 11.9 Å². The molecular formula is C38H36Cl2FN3O6. The third-order valence-corrected chi connectivity index (χ3v) is 10.1. The van der Waals surface area contributed by atoms with Crippen molar-refractivity contribution in [1.29, 1.82) is 0 Å². The number of hydrogen-bond acceptors (Lipinski definition) is 6. The third kappa shape index (κ3) is 6.27. The fourth-order valence-electron chi connectivity index (χ4n) is 7.54.